The quantitative estimate of drug-likeness (QED) is 0.878. The third-order valence-corrected chi connectivity index (χ3v) is 3.99. The number of halogens is 2. The van der Waals surface area contributed by atoms with Gasteiger partial charge in [0.15, 0.2) is 0 Å². The van der Waals surface area contributed by atoms with E-state index in [4.69, 9.17) is 23.2 Å². The molecule has 3 nitrogen and oxygen atoms in total. The van der Waals surface area contributed by atoms with Crippen molar-refractivity contribution in [2.45, 2.75) is 19.3 Å². The Labute approximate surface area is 123 Å². The normalized spacial score (nSPS) is 18.5. The van der Waals surface area contributed by atoms with E-state index in [-0.39, 0.29) is 5.91 Å². The highest BCUT2D eigenvalue weighted by Gasteiger charge is 2.14. The zero-order valence-corrected chi connectivity index (χ0v) is 12.2. The standard InChI is InChI=1S/C14H18Cl2N2O/c15-12-2-1-11(13(16)8-12)7-14(19)18-6-4-10-3-5-17-9-10/h1-2,8,10,17H,3-7,9H2,(H,18,19). The van der Waals surface area contributed by atoms with Crippen LogP contribution < -0.4 is 10.6 Å². The van der Waals surface area contributed by atoms with Gasteiger partial charge in [-0.2, -0.15) is 0 Å². The number of nitrogens with one attached hydrogen (secondary N) is 2. The van der Waals surface area contributed by atoms with Gasteiger partial charge in [-0.1, -0.05) is 29.3 Å². The lowest BCUT2D eigenvalue weighted by atomic mass is 10.1. The summed E-state index contributed by atoms with van der Waals surface area (Å²) in [4.78, 5) is 11.8. The van der Waals surface area contributed by atoms with Gasteiger partial charge in [-0.3, -0.25) is 4.79 Å². The molecule has 1 aliphatic heterocycles. The van der Waals surface area contributed by atoms with Gasteiger partial charge in [-0.25, -0.2) is 0 Å². The van der Waals surface area contributed by atoms with E-state index in [1.165, 1.54) is 6.42 Å². The smallest absolute Gasteiger partial charge is 0.224 e. The fourth-order valence-electron chi connectivity index (χ4n) is 2.28. The molecule has 1 saturated heterocycles. The molecule has 19 heavy (non-hydrogen) atoms. The van der Waals surface area contributed by atoms with Gasteiger partial charge in [0.25, 0.3) is 0 Å². The highest BCUT2D eigenvalue weighted by molar-refractivity contribution is 6.35. The van der Waals surface area contributed by atoms with Crippen LogP contribution in [0.15, 0.2) is 18.2 Å². The molecule has 1 unspecified atom stereocenters. The van der Waals surface area contributed by atoms with Gasteiger partial charge in [-0.05, 0) is 49.5 Å². The lowest BCUT2D eigenvalue weighted by Gasteiger charge is -2.10. The topological polar surface area (TPSA) is 41.1 Å². The van der Waals surface area contributed by atoms with E-state index in [0.29, 0.717) is 22.4 Å². The van der Waals surface area contributed by atoms with E-state index in [9.17, 15) is 4.79 Å². The van der Waals surface area contributed by atoms with Crippen molar-refractivity contribution in [1.82, 2.24) is 10.6 Å². The molecule has 0 bridgehead atoms. The van der Waals surface area contributed by atoms with Crippen LogP contribution in [0.5, 0.6) is 0 Å². The van der Waals surface area contributed by atoms with Gasteiger partial charge in [0.2, 0.25) is 5.91 Å². The Morgan fingerprint density at radius 2 is 2.26 bits per heavy atom. The van der Waals surface area contributed by atoms with Crippen molar-refractivity contribution >= 4 is 29.1 Å². The van der Waals surface area contributed by atoms with Crippen LogP contribution in [0.1, 0.15) is 18.4 Å². The first-order chi connectivity index (χ1) is 9.15. The number of carbonyl (C=O) groups excluding carboxylic acids is 1. The SMILES string of the molecule is O=C(Cc1ccc(Cl)cc1Cl)NCCC1CCNC1. The molecule has 0 spiro atoms. The first kappa shape index (κ1) is 14.6. The number of benzene rings is 1. The van der Waals surface area contributed by atoms with E-state index < -0.39 is 0 Å². The molecule has 0 radical (unpaired) electrons. The zero-order chi connectivity index (χ0) is 13.7. The number of hydrogen-bond acceptors (Lipinski definition) is 2. The fraction of sp³-hybridized carbons (Fsp3) is 0.500. The lowest BCUT2D eigenvalue weighted by Crippen LogP contribution is -2.27. The summed E-state index contributed by atoms with van der Waals surface area (Å²) in [5.74, 6) is 0.703. The molecule has 2 rings (SSSR count). The molecular weight excluding hydrogens is 283 g/mol. The number of rotatable bonds is 5. The van der Waals surface area contributed by atoms with Crippen LogP contribution in [0.4, 0.5) is 0 Å². The number of carbonyl (C=O) groups is 1. The number of hydrogen-bond donors (Lipinski definition) is 2. The summed E-state index contributed by atoms with van der Waals surface area (Å²) in [5.41, 5.74) is 0.811. The van der Waals surface area contributed by atoms with Crippen LogP contribution in [0.3, 0.4) is 0 Å². The molecule has 1 aliphatic rings. The van der Waals surface area contributed by atoms with Gasteiger partial charge in [-0.15, -0.1) is 0 Å². The average Bonchev–Trinajstić information content (AvgIpc) is 2.86. The second kappa shape index (κ2) is 7.13. The lowest BCUT2D eigenvalue weighted by molar-refractivity contribution is -0.120. The zero-order valence-electron chi connectivity index (χ0n) is 10.7. The summed E-state index contributed by atoms with van der Waals surface area (Å²) in [6.07, 6.45) is 2.55. The molecule has 1 fully saturated rings. The first-order valence-electron chi connectivity index (χ1n) is 6.56. The van der Waals surface area contributed by atoms with Crippen molar-refractivity contribution in [3.8, 4) is 0 Å². The maximum atomic E-state index is 11.8. The Hall–Kier alpha value is -0.770. The van der Waals surface area contributed by atoms with Gasteiger partial charge in [0.05, 0.1) is 6.42 Å². The van der Waals surface area contributed by atoms with E-state index in [1.54, 1.807) is 18.2 Å². The Balaban J connectivity index is 1.74. The van der Waals surface area contributed by atoms with Crippen molar-refractivity contribution in [3.63, 3.8) is 0 Å². The van der Waals surface area contributed by atoms with Crippen molar-refractivity contribution in [2.24, 2.45) is 5.92 Å². The molecule has 104 valence electrons. The summed E-state index contributed by atoms with van der Waals surface area (Å²) in [5, 5.41) is 7.39. The minimum absolute atomic E-state index is 0.00942. The highest BCUT2D eigenvalue weighted by atomic mass is 35.5. The molecule has 0 aromatic heterocycles. The minimum Gasteiger partial charge on any atom is -0.356 e. The van der Waals surface area contributed by atoms with Crippen LogP contribution in [0, 0.1) is 5.92 Å². The number of amides is 1. The molecule has 1 atom stereocenters. The van der Waals surface area contributed by atoms with Crippen LogP contribution in [-0.2, 0) is 11.2 Å². The van der Waals surface area contributed by atoms with Crippen LogP contribution >= 0.6 is 23.2 Å². The molecule has 1 amide bonds. The van der Waals surface area contributed by atoms with E-state index in [1.807, 2.05) is 0 Å². The van der Waals surface area contributed by atoms with E-state index in [0.717, 1.165) is 31.6 Å². The first-order valence-corrected chi connectivity index (χ1v) is 7.32. The fourth-order valence-corrected chi connectivity index (χ4v) is 2.75. The Morgan fingerprint density at radius 1 is 1.42 bits per heavy atom. The van der Waals surface area contributed by atoms with Gasteiger partial charge >= 0.3 is 0 Å². The monoisotopic (exact) mass is 300 g/mol. The maximum Gasteiger partial charge on any atom is 0.224 e. The van der Waals surface area contributed by atoms with E-state index >= 15 is 0 Å². The van der Waals surface area contributed by atoms with Crippen molar-refractivity contribution < 1.29 is 4.79 Å². The van der Waals surface area contributed by atoms with Crippen molar-refractivity contribution in [3.05, 3.63) is 33.8 Å². The summed E-state index contributed by atoms with van der Waals surface area (Å²) >= 11 is 11.9. The maximum absolute atomic E-state index is 11.8. The molecule has 1 aromatic carbocycles. The molecule has 1 aromatic rings. The van der Waals surface area contributed by atoms with Gasteiger partial charge < -0.3 is 10.6 Å². The van der Waals surface area contributed by atoms with Crippen molar-refractivity contribution in [1.29, 1.82) is 0 Å². The second-order valence-electron chi connectivity index (χ2n) is 4.91. The molecule has 0 aliphatic carbocycles. The van der Waals surface area contributed by atoms with Crippen LogP contribution in [0.2, 0.25) is 10.0 Å². The third kappa shape index (κ3) is 4.68. The summed E-state index contributed by atoms with van der Waals surface area (Å²) in [7, 11) is 0. The summed E-state index contributed by atoms with van der Waals surface area (Å²) in [6, 6.07) is 5.21. The van der Waals surface area contributed by atoms with Gasteiger partial charge in [0.1, 0.15) is 0 Å². The Morgan fingerprint density at radius 3 is 2.95 bits per heavy atom. The Bertz CT molecular complexity index is 445. The summed E-state index contributed by atoms with van der Waals surface area (Å²) in [6.45, 7) is 2.90. The largest absolute Gasteiger partial charge is 0.356 e. The average molecular weight is 301 g/mol. The molecule has 2 N–H and O–H groups in total. The molecular formula is C14H18Cl2N2O. The Kier molecular flexibility index (Phi) is 5.49. The molecule has 0 saturated carbocycles. The predicted molar refractivity (Wildman–Crippen MR) is 78.8 cm³/mol. The van der Waals surface area contributed by atoms with Crippen LogP contribution in [-0.4, -0.2) is 25.5 Å². The summed E-state index contributed by atoms with van der Waals surface area (Å²) < 4.78 is 0. The minimum atomic E-state index is 0.00942. The van der Waals surface area contributed by atoms with E-state index in [2.05, 4.69) is 10.6 Å². The van der Waals surface area contributed by atoms with Crippen molar-refractivity contribution in [2.75, 3.05) is 19.6 Å². The van der Waals surface area contributed by atoms with Gasteiger partial charge in [0, 0.05) is 16.6 Å². The molecule has 1 heterocycles. The third-order valence-electron chi connectivity index (χ3n) is 3.40. The van der Waals surface area contributed by atoms with Crippen LogP contribution in [0.25, 0.3) is 0 Å². The second-order valence-corrected chi connectivity index (χ2v) is 5.75. The highest BCUT2D eigenvalue weighted by Crippen LogP contribution is 2.21. The molecule has 5 heteroatoms. The predicted octanol–water partition coefficient (Wildman–Crippen LogP) is 2.65.